The van der Waals surface area contributed by atoms with Gasteiger partial charge < -0.3 is 15.2 Å². The molecule has 0 bridgehead atoms. The number of hydrogen-bond acceptors (Lipinski definition) is 3. The Bertz CT molecular complexity index is 126. The van der Waals surface area contributed by atoms with Crippen molar-refractivity contribution in [3.63, 3.8) is 0 Å². The van der Waals surface area contributed by atoms with Crippen LogP contribution in [0, 0.1) is 0 Å². The lowest BCUT2D eigenvalue weighted by atomic mass is 10.3. The van der Waals surface area contributed by atoms with E-state index in [1.165, 1.54) is 0 Å². The van der Waals surface area contributed by atoms with Crippen LogP contribution in [0.15, 0.2) is 12.2 Å². The van der Waals surface area contributed by atoms with Gasteiger partial charge in [0.15, 0.2) is 0 Å². The predicted molar refractivity (Wildman–Crippen MR) is 50.2 cm³/mol. The fourth-order valence-corrected chi connectivity index (χ4v) is 0.765. The van der Waals surface area contributed by atoms with E-state index in [1.807, 2.05) is 13.8 Å². The van der Waals surface area contributed by atoms with Gasteiger partial charge in [0, 0.05) is 19.7 Å². The number of aliphatic hydroxyl groups excluding tert-OH is 1. The molecule has 12 heavy (non-hydrogen) atoms. The van der Waals surface area contributed by atoms with E-state index in [0.29, 0.717) is 19.8 Å². The zero-order valence-electron chi connectivity index (χ0n) is 7.97. The van der Waals surface area contributed by atoms with Crippen LogP contribution in [0.1, 0.15) is 13.8 Å². The van der Waals surface area contributed by atoms with Crippen LogP contribution in [0.5, 0.6) is 0 Å². The molecule has 0 rings (SSSR count). The van der Waals surface area contributed by atoms with Crippen LogP contribution in [0.4, 0.5) is 0 Å². The zero-order chi connectivity index (χ0) is 9.40. The Morgan fingerprint density at radius 2 is 2.33 bits per heavy atom. The second-order valence-corrected chi connectivity index (χ2v) is 2.90. The lowest BCUT2D eigenvalue weighted by molar-refractivity contribution is 0.0433. The molecule has 0 aliphatic carbocycles. The lowest BCUT2D eigenvalue weighted by Gasteiger charge is -2.11. The molecule has 0 aromatic heterocycles. The highest BCUT2D eigenvalue weighted by molar-refractivity contribution is 4.90. The standard InChI is InChI=1S/C9H19NO2/c1-4-12-7-9(11)6-10-5-8(2)3/h9-11H,2,4-7H2,1,3H3. The van der Waals surface area contributed by atoms with Gasteiger partial charge in [-0.1, -0.05) is 12.2 Å². The molecule has 0 saturated heterocycles. The molecule has 0 saturated carbocycles. The molecular weight excluding hydrogens is 154 g/mol. The molecule has 0 aliphatic rings. The van der Waals surface area contributed by atoms with Crippen LogP contribution in [0.2, 0.25) is 0 Å². The summed E-state index contributed by atoms with van der Waals surface area (Å²) in [6.45, 7) is 9.96. The SMILES string of the molecule is C=C(C)CNCC(O)COCC. The minimum absolute atomic E-state index is 0.402. The topological polar surface area (TPSA) is 41.5 Å². The minimum atomic E-state index is -0.413. The van der Waals surface area contributed by atoms with Gasteiger partial charge in [-0.25, -0.2) is 0 Å². The summed E-state index contributed by atoms with van der Waals surface area (Å²) >= 11 is 0. The summed E-state index contributed by atoms with van der Waals surface area (Å²) in [4.78, 5) is 0. The van der Waals surface area contributed by atoms with E-state index in [-0.39, 0.29) is 0 Å². The first kappa shape index (κ1) is 11.6. The Morgan fingerprint density at radius 3 is 2.83 bits per heavy atom. The maximum atomic E-state index is 9.28. The second kappa shape index (κ2) is 7.28. The third-order valence-electron chi connectivity index (χ3n) is 1.32. The van der Waals surface area contributed by atoms with Crippen molar-refractivity contribution in [1.29, 1.82) is 0 Å². The van der Waals surface area contributed by atoms with Crippen molar-refractivity contribution in [2.24, 2.45) is 0 Å². The van der Waals surface area contributed by atoms with Crippen LogP contribution in [0.25, 0.3) is 0 Å². The normalized spacial score (nSPS) is 12.9. The van der Waals surface area contributed by atoms with Gasteiger partial charge in [0.25, 0.3) is 0 Å². The molecule has 0 aromatic carbocycles. The monoisotopic (exact) mass is 173 g/mol. The summed E-state index contributed by atoms with van der Waals surface area (Å²) in [5, 5.41) is 12.3. The van der Waals surface area contributed by atoms with Crippen LogP contribution in [-0.4, -0.2) is 37.5 Å². The Labute approximate surface area is 74.4 Å². The van der Waals surface area contributed by atoms with Crippen LogP contribution in [-0.2, 0) is 4.74 Å². The molecule has 0 spiro atoms. The molecule has 3 nitrogen and oxygen atoms in total. The average molecular weight is 173 g/mol. The van der Waals surface area contributed by atoms with Crippen molar-refractivity contribution in [3.8, 4) is 0 Å². The lowest BCUT2D eigenvalue weighted by Crippen LogP contribution is -2.31. The Morgan fingerprint density at radius 1 is 1.67 bits per heavy atom. The quantitative estimate of drug-likeness (QED) is 0.552. The number of nitrogens with one attached hydrogen (secondary N) is 1. The van der Waals surface area contributed by atoms with Crippen molar-refractivity contribution in [3.05, 3.63) is 12.2 Å². The smallest absolute Gasteiger partial charge is 0.0897 e. The molecule has 0 amide bonds. The molecule has 72 valence electrons. The molecule has 0 heterocycles. The summed E-state index contributed by atoms with van der Waals surface area (Å²) in [5.41, 5.74) is 1.07. The Balaban J connectivity index is 3.19. The van der Waals surface area contributed by atoms with Gasteiger partial charge in [-0.15, -0.1) is 0 Å². The minimum Gasteiger partial charge on any atom is -0.389 e. The number of rotatable bonds is 7. The van der Waals surface area contributed by atoms with Crippen LogP contribution in [0.3, 0.4) is 0 Å². The largest absolute Gasteiger partial charge is 0.389 e. The van der Waals surface area contributed by atoms with Crippen molar-refractivity contribution >= 4 is 0 Å². The van der Waals surface area contributed by atoms with Gasteiger partial charge in [-0.05, 0) is 13.8 Å². The zero-order valence-corrected chi connectivity index (χ0v) is 7.97. The molecule has 0 radical (unpaired) electrons. The van der Waals surface area contributed by atoms with E-state index in [0.717, 1.165) is 12.1 Å². The van der Waals surface area contributed by atoms with Gasteiger partial charge >= 0.3 is 0 Å². The van der Waals surface area contributed by atoms with Crippen LogP contribution >= 0.6 is 0 Å². The average Bonchev–Trinajstić information content (AvgIpc) is 2.00. The highest BCUT2D eigenvalue weighted by Crippen LogP contribution is 1.85. The summed E-state index contributed by atoms with van der Waals surface area (Å²) in [7, 11) is 0. The molecule has 0 fully saturated rings. The summed E-state index contributed by atoms with van der Waals surface area (Å²) < 4.78 is 5.04. The summed E-state index contributed by atoms with van der Waals surface area (Å²) in [5.74, 6) is 0. The molecule has 1 atom stereocenters. The first-order chi connectivity index (χ1) is 5.66. The van der Waals surface area contributed by atoms with Crippen molar-refractivity contribution < 1.29 is 9.84 Å². The molecule has 1 unspecified atom stereocenters. The Kier molecular flexibility index (Phi) is 7.05. The molecule has 0 aromatic rings. The number of hydrogen-bond donors (Lipinski definition) is 2. The van der Waals surface area contributed by atoms with E-state index in [4.69, 9.17) is 4.74 Å². The number of aliphatic hydroxyl groups is 1. The third-order valence-corrected chi connectivity index (χ3v) is 1.32. The summed E-state index contributed by atoms with van der Waals surface area (Å²) in [6, 6.07) is 0. The predicted octanol–water partition coefficient (Wildman–Crippen LogP) is 0.549. The maximum absolute atomic E-state index is 9.28. The van der Waals surface area contributed by atoms with Crippen LogP contribution < -0.4 is 5.32 Å². The van der Waals surface area contributed by atoms with E-state index in [1.54, 1.807) is 0 Å². The fraction of sp³-hybridized carbons (Fsp3) is 0.778. The highest BCUT2D eigenvalue weighted by Gasteiger charge is 2.01. The molecular formula is C9H19NO2. The van der Waals surface area contributed by atoms with E-state index in [2.05, 4.69) is 11.9 Å². The first-order valence-corrected chi connectivity index (χ1v) is 4.27. The van der Waals surface area contributed by atoms with Gasteiger partial charge in [-0.2, -0.15) is 0 Å². The maximum Gasteiger partial charge on any atom is 0.0897 e. The molecule has 3 heteroatoms. The van der Waals surface area contributed by atoms with Crippen molar-refractivity contribution in [2.75, 3.05) is 26.3 Å². The summed E-state index contributed by atoms with van der Waals surface area (Å²) in [6.07, 6.45) is -0.413. The third kappa shape index (κ3) is 7.72. The van der Waals surface area contributed by atoms with Gasteiger partial charge in [-0.3, -0.25) is 0 Å². The number of ether oxygens (including phenoxy) is 1. The molecule has 2 N–H and O–H groups in total. The highest BCUT2D eigenvalue weighted by atomic mass is 16.5. The van der Waals surface area contributed by atoms with Crippen molar-refractivity contribution in [2.45, 2.75) is 20.0 Å². The van der Waals surface area contributed by atoms with Crippen molar-refractivity contribution in [1.82, 2.24) is 5.32 Å². The van der Waals surface area contributed by atoms with E-state index < -0.39 is 6.10 Å². The second-order valence-electron chi connectivity index (χ2n) is 2.90. The Hall–Kier alpha value is -0.380. The fourth-order valence-electron chi connectivity index (χ4n) is 0.765. The first-order valence-electron chi connectivity index (χ1n) is 4.27. The van der Waals surface area contributed by atoms with Gasteiger partial charge in [0.05, 0.1) is 12.7 Å². The van der Waals surface area contributed by atoms with E-state index >= 15 is 0 Å². The molecule has 0 aliphatic heterocycles. The van der Waals surface area contributed by atoms with Gasteiger partial charge in [0.2, 0.25) is 0 Å². The van der Waals surface area contributed by atoms with E-state index in [9.17, 15) is 5.11 Å². The van der Waals surface area contributed by atoms with Gasteiger partial charge in [0.1, 0.15) is 0 Å².